The summed E-state index contributed by atoms with van der Waals surface area (Å²) in [5.41, 5.74) is 4.08. The number of aromatic nitrogens is 2. The normalized spacial score (nSPS) is 10.8. The van der Waals surface area contributed by atoms with Crippen LogP contribution < -0.4 is 15.9 Å². The zero-order chi connectivity index (χ0) is 21.5. The van der Waals surface area contributed by atoms with E-state index in [1.165, 1.54) is 23.6 Å². The Hall–Kier alpha value is -4.04. The first-order valence-corrected chi connectivity index (χ1v) is 10.3. The number of hydrogen-bond acceptors (Lipinski definition) is 6. The van der Waals surface area contributed by atoms with Crippen LogP contribution in [0, 0.1) is 0 Å². The van der Waals surface area contributed by atoms with E-state index in [9.17, 15) is 9.59 Å². The van der Waals surface area contributed by atoms with Crippen LogP contribution in [-0.2, 0) is 6.61 Å². The van der Waals surface area contributed by atoms with Gasteiger partial charge in [-0.05, 0) is 35.2 Å². The van der Waals surface area contributed by atoms with Crippen LogP contribution in [0.2, 0.25) is 0 Å². The summed E-state index contributed by atoms with van der Waals surface area (Å²) in [6.45, 7) is 0.417. The summed E-state index contributed by atoms with van der Waals surface area (Å²) in [7, 11) is 0. The van der Waals surface area contributed by atoms with E-state index in [0.29, 0.717) is 23.6 Å². The second-order valence-electron chi connectivity index (χ2n) is 6.47. The second kappa shape index (κ2) is 9.64. The summed E-state index contributed by atoms with van der Waals surface area (Å²) in [5.74, 6) is 0.0569. The lowest BCUT2D eigenvalue weighted by molar-refractivity contribution is 0.0949. The van der Waals surface area contributed by atoms with Gasteiger partial charge < -0.3 is 9.72 Å². The Morgan fingerprint density at radius 2 is 1.90 bits per heavy atom. The van der Waals surface area contributed by atoms with Gasteiger partial charge in [-0.15, -0.1) is 11.3 Å². The number of H-pyrrole nitrogens is 1. The number of para-hydroxylation sites is 1. The molecule has 2 aromatic heterocycles. The van der Waals surface area contributed by atoms with E-state index in [4.69, 9.17) is 4.74 Å². The zero-order valence-electron chi connectivity index (χ0n) is 16.3. The van der Waals surface area contributed by atoms with Crippen LogP contribution in [0.15, 0.2) is 88.1 Å². The number of nitrogens with zero attached hydrogens (tertiary/aromatic N) is 2. The highest BCUT2D eigenvalue weighted by atomic mass is 32.1. The maximum Gasteiger partial charge on any atom is 0.346 e. The Balaban J connectivity index is 1.44. The number of carbonyl (C=O) groups excluding carboxylic acids is 1. The Morgan fingerprint density at radius 3 is 2.71 bits per heavy atom. The van der Waals surface area contributed by atoms with Crippen molar-refractivity contribution in [1.29, 1.82) is 0 Å². The Labute approximate surface area is 182 Å². The number of carbonyl (C=O) groups is 1. The topological polar surface area (TPSA) is 96.4 Å². The minimum atomic E-state index is -0.598. The van der Waals surface area contributed by atoms with Crippen molar-refractivity contribution >= 4 is 23.5 Å². The summed E-state index contributed by atoms with van der Waals surface area (Å²) < 4.78 is 5.88. The van der Waals surface area contributed by atoms with Gasteiger partial charge in [0, 0.05) is 5.56 Å². The smallest absolute Gasteiger partial charge is 0.346 e. The summed E-state index contributed by atoms with van der Waals surface area (Å²) >= 11 is 1.45. The number of thiophene rings is 1. The standard InChI is InChI=1S/C23H18N4O3S/c28-22(19-13-18(25-23(29)26-19)21-11-6-12-31-21)27-24-14-17-9-4-5-10-20(17)30-15-16-7-2-1-3-8-16/h1-14H,15H2,(H,27,28)(H,25,26,29)/b24-14+. The molecule has 4 aromatic rings. The molecule has 31 heavy (non-hydrogen) atoms. The fraction of sp³-hybridized carbons (Fsp3) is 0.0435. The molecule has 0 aliphatic rings. The van der Waals surface area contributed by atoms with Crippen LogP contribution in [-0.4, -0.2) is 22.1 Å². The van der Waals surface area contributed by atoms with Crippen molar-refractivity contribution in [3.63, 3.8) is 0 Å². The minimum absolute atomic E-state index is 0.0158. The highest BCUT2D eigenvalue weighted by Gasteiger charge is 2.11. The number of hydrogen-bond donors (Lipinski definition) is 2. The molecule has 8 heteroatoms. The van der Waals surface area contributed by atoms with Crippen LogP contribution in [0.4, 0.5) is 0 Å². The molecule has 0 fully saturated rings. The number of benzene rings is 2. The first-order chi connectivity index (χ1) is 15.2. The molecule has 0 unspecified atom stereocenters. The quantitative estimate of drug-likeness (QED) is 0.344. The molecule has 0 spiro atoms. The third-order valence-electron chi connectivity index (χ3n) is 4.29. The summed E-state index contributed by atoms with van der Waals surface area (Å²) in [5, 5.41) is 5.89. The van der Waals surface area contributed by atoms with Gasteiger partial charge in [0.1, 0.15) is 18.1 Å². The Bertz CT molecular complexity index is 1250. The molecule has 2 heterocycles. The van der Waals surface area contributed by atoms with Crippen LogP contribution in [0.1, 0.15) is 21.6 Å². The zero-order valence-corrected chi connectivity index (χ0v) is 17.1. The van der Waals surface area contributed by atoms with Crippen molar-refractivity contribution in [1.82, 2.24) is 15.4 Å². The van der Waals surface area contributed by atoms with Gasteiger partial charge in [0.25, 0.3) is 5.91 Å². The third-order valence-corrected chi connectivity index (χ3v) is 5.19. The Kier molecular flexibility index (Phi) is 6.29. The van der Waals surface area contributed by atoms with E-state index in [0.717, 1.165) is 10.4 Å². The fourth-order valence-corrected chi connectivity index (χ4v) is 3.51. The van der Waals surface area contributed by atoms with Gasteiger partial charge in [-0.3, -0.25) is 4.79 Å². The highest BCUT2D eigenvalue weighted by molar-refractivity contribution is 7.13. The van der Waals surface area contributed by atoms with Crippen molar-refractivity contribution < 1.29 is 9.53 Å². The predicted molar refractivity (Wildman–Crippen MR) is 120 cm³/mol. The van der Waals surface area contributed by atoms with E-state index in [2.05, 4.69) is 20.5 Å². The monoisotopic (exact) mass is 430 g/mol. The van der Waals surface area contributed by atoms with Crippen LogP contribution in [0.3, 0.4) is 0 Å². The molecule has 2 N–H and O–H groups in total. The molecule has 0 aliphatic heterocycles. The number of ether oxygens (including phenoxy) is 1. The maximum atomic E-state index is 12.4. The molecular formula is C23H18N4O3S. The first kappa shape index (κ1) is 20.2. The first-order valence-electron chi connectivity index (χ1n) is 9.43. The summed E-state index contributed by atoms with van der Waals surface area (Å²) in [6.07, 6.45) is 1.49. The van der Waals surface area contributed by atoms with Crippen LogP contribution >= 0.6 is 11.3 Å². The van der Waals surface area contributed by atoms with Crippen molar-refractivity contribution in [2.75, 3.05) is 0 Å². The third kappa shape index (κ3) is 5.31. The molecule has 0 radical (unpaired) electrons. The van der Waals surface area contributed by atoms with Gasteiger partial charge in [-0.1, -0.05) is 48.5 Å². The molecule has 0 saturated heterocycles. The molecular weight excluding hydrogens is 412 g/mol. The Morgan fingerprint density at radius 1 is 1.10 bits per heavy atom. The lowest BCUT2D eigenvalue weighted by Crippen LogP contribution is -2.24. The molecule has 0 saturated carbocycles. The molecule has 7 nitrogen and oxygen atoms in total. The number of hydrazone groups is 1. The molecule has 1 amide bonds. The fourth-order valence-electron chi connectivity index (χ4n) is 2.81. The molecule has 4 rings (SSSR count). The predicted octanol–water partition coefficient (Wildman–Crippen LogP) is 3.84. The van der Waals surface area contributed by atoms with E-state index < -0.39 is 11.6 Å². The van der Waals surface area contributed by atoms with Crippen molar-refractivity contribution in [2.24, 2.45) is 5.10 Å². The van der Waals surface area contributed by atoms with E-state index in [1.807, 2.05) is 72.1 Å². The van der Waals surface area contributed by atoms with Crippen molar-refractivity contribution in [2.45, 2.75) is 6.61 Å². The number of rotatable bonds is 7. The SMILES string of the molecule is O=C(N/N=C/c1ccccc1OCc1ccccc1)c1cc(-c2cccs2)[nH]c(=O)n1. The van der Waals surface area contributed by atoms with Gasteiger partial charge in [-0.2, -0.15) is 10.1 Å². The average Bonchev–Trinajstić information content (AvgIpc) is 3.34. The van der Waals surface area contributed by atoms with E-state index in [1.54, 1.807) is 0 Å². The molecule has 0 aliphatic carbocycles. The van der Waals surface area contributed by atoms with Crippen LogP contribution in [0.5, 0.6) is 5.75 Å². The number of nitrogens with one attached hydrogen (secondary N) is 2. The molecule has 0 atom stereocenters. The van der Waals surface area contributed by atoms with Gasteiger partial charge >= 0.3 is 5.69 Å². The number of amides is 1. The van der Waals surface area contributed by atoms with Gasteiger partial charge in [0.15, 0.2) is 0 Å². The van der Waals surface area contributed by atoms with Gasteiger partial charge in [-0.25, -0.2) is 10.2 Å². The number of aromatic amines is 1. The summed E-state index contributed by atoms with van der Waals surface area (Å²) in [6, 6.07) is 22.4. The van der Waals surface area contributed by atoms with Gasteiger partial charge in [0.05, 0.1) is 16.8 Å². The molecule has 0 bridgehead atoms. The largest absolute Gasteiger partial charge is 0.488 e. The lowest BCUT2D eigenvalue weighted by atomic mass is 10.2. The highest BCUT2D eigenvalue weighted by Crippen LogP contribution is 2.21. The van der Waals surface area contributed by atoms with E-state index in [-0.39, 0.29) is 5.69 Å². The average molecular weight is 430 g/mol. The van der Waals surface area contributed by atoms with Crippen molar-refractivity contribution in [3.05, 3.63) is 105 Å². The second-order valence-corrected chi connectivity index (χ2v) is 7.42. The van der Waals surface area contributed by atoms with Gasteiger partial charge in [0.2, 0.25) is 0 Å². The molecule has 2 aromatic carbocycles. The van der Waals surface area contributed by atoms with Crippen molar-refractivity contribution in [3.8, 4) is 16.3 Å². The molecule has 154 valence electrons. The lowest BCUT2D eigenvalue weighted by Gasteiger charge is -2.09. The summed E-state index contributed by atoms with van der Waals surface area (Å²) in [4.78, 5) is 31.5. The van der Waals surface area contributed by atoms with E-state index >= 15 is 0 Å². The van der Waals surface area contributed by atoms with Crippen LogP contribution in [0.25, 0.3) is 10.6 Å². The minimum Gasteiger partial charge on any atom is -0.488 e. The maximum absolute atomic E-state index is 12.4.